The molecule has 1 fully saturated rings. The molecule has 0 atom stereocenters. The second-order valence-corrected chi connectivity index (χ2v) is 7.42. The maximum Gasteiger partial charge on any atom is 0.341 e. The minimum atomic E-state index is -3.69. The van der Waals surface area contributed by atoms with Gasteiger partial charge in [-0.1, -0.05) is 0 Å². The van der Waals surface area contributed by atoms with Gasteiger partial charge in [0.1, 0.15) is 0 Å². The SMILES string of the molecule is CS(=O)(=O)N1CCN(C(=O)NCc2nccnc2-c2ccncc2)C1=O. The number of rotatable bonds is 4. The van der Waals surface area contributed by atoms with Gasteiger partial charge in [0.25, 0.3) is 0 Å². The van der Waals surface area contributed by atoms with Gasteiger partial charge in [0, 0.05) is 30.4 Å². The van der Waals surface area contributed by atoms with E-state index in [1.165, 1.54) is 12.4 Å². The van der Waals surface area contributed by atoms with Gasteiger partial charge < -0.3 is 5.32 Å². The van der Waals surface area contributed by atoms with E-state index in [1.54, 1.807) is 24.5 Å². The fourth-order valence-electron chi connectivity index (χ4n) is 2.51. The first-order valence-electron chi connectivity index (χ1n) is 7.65. The van der Waals surface area contributed by atoms with Crippen LogP contribution in [0, 0.1) is 0 Å². The molecule has 0 radical (unpaired) electrons. The summed E-state index contributed by atoms with van der Waals surface area (Å²) in [6, 6.07) is 1.98. The Morgan fingerprint density at radius 3 is 2.50 bits per heavy atom. The highest BCUT2D eigenvalue weighted by molar-refractivity contribution is 7.88. The maximum atomic E-state index is 12.3. The molecule has 4 amide bonds. The van der Waals surface area contributed by atoms with Crippen LogP contribution < -0.4 is 5.32 Å². The number of nitrogens with zero attached hydrogens (tertiary/aromatic N) is 5. The Kier molecular flexibility index (Phi) is 4.80. The van der Waals surface area contributed by atoms with E-state index in [0.717, 1.165) is 16.7 Å². The Morgan fingerprint density at radius 2 is 1.85 bits per heavy atom. The van der Waals surface area contributed by atoms with Gasteiger partial charge in [-0.3, -0.25) is 15.0 Å². The van der Waals surface area contributed by atoms with Crippen LogP contribution in [-0.2, 0) is 16.6 Å². The van der Waals surface area contributed by atoms with Gasteiger partial charge in [0.05, 0.1) is 37.3 Å². The number of hydrogen-bond acceptors (Lipinski definition) is 7. The number of aromatic nitrogens is 3. The molecule has 0 saturated carbocycles. The van der Waals surface area contributed by atoms with Crippen LogP contribution >= 0.6 is 0 Å². The fourth-order valence-corrected chi connectivity index (χ4v) is 3.31. The average Bonchev–Trinajstić information content (AvgIpc) is 3.02. The fraction of sp³-hybridized carbons (Fsp3) is 0.267. The van der Waals surface area contributed by atoms with Crippen LogP contribution in [0.4, 0.5) is 9.59 Å². The predicted octanol–water partition coefficient (Wildman–Crippen LogP) is 0.445. The summed E-state index contributed by atoms with van der Waals surface area (Å²) in [6.07, 6.45) is 7.20. The summed E-state index contributed by atoms with van der Waals surface area (Å²) in [6.45, 7) is -0.0269. The van der Waals surface area contributed by atoms with E-state index in [0.29, 0.717) is 15.7 Å². The van der Waals surface area contributed by atoms with E-state index in [9.17, 15) is 18.0 Å². The summed E-state index contributed by atoms with van der Waals surface area (Å²) in [4.78, 5) is 37.6. The van der Waals surface area contributed by atoms with Crippen molar-refractivity contribution in [2.24, 2.45) is 0 Å². The van der Waals surface area contributed by atoms with Crippen molar-refractivity contribution < 1.29 is 18.0 Å². The number of pyridine rings is 1. The van der Waals surface area contributed by atoms with Crippen LogP contribution in [0.15, 0.2) is 36.9 Å². The van der Waals surface area contributed by atoms with E-state index in [-0.39, 0.29) is 19.6 Å². The summed E-state index contributed by atoms with van der Waals surface area (Å²) in [7, 11) is -3.69. The molecular formula is C15H16N6O4S. The Hall–Kier alpha value is -3.08. The third-order valence-corrected chi connectivity index (χ3v) is 4.89. The summed E-state index contributed by atoms with van der Waals surface area (Å²) in [5, 5.41) is 2.58. The Labute approximate surface area is 149 Å². The van der Waals surface area contributed by atoms with Gasteiger partial charge >= 0.3 is 12.1 Å². The van der Waals surface area contributed by atoms with Gasteiger partial charge in [-0.05, 0) is 12.1 Å². The Bertz CT molecular complexity index is 934. The van der Waals surface area contributed by atoms with E-state index in [1.807, 2.05) is 0 Å². The van der Waals surface area contributed by atoms with Crippen LogP contribution in [0.2, 0.25) is 0 Å². The van der Waals surface area contributed by atoms with Crippen molar-refractivity contribution in [1.82, 2.24) is 29.5 Å². The van der Waals surface area contributed by atoms with Gasteiger partial charge in [-0.15, -0.1) is 0 Å². The van der Waals surface area contributed by atoms with E-state index in [2.05, 4.69) is 20.3 Å². The van der Waals surface area contributed by atoms with Crippen molar-refractivity contribution in [2.45, 2.75) is 6.54 Å². The number of amides is 4. The molecule has 11 heteroatoms. The first-order valence-corrected chi connectivity index (χ1v) is 9.50. The average molecular weight is 376 g/mol. The molecule has 10 nitrogen and oxygen atoms in total. The molecule has 0 unspecified atom stereocenters. The molecule has 1 aliphatic rings. The molecule has 2 aromatic heterocycles. The van der Waals surface area contributed by atoms with Gasteiger partial charge in [-0.2, -0.15) is 0 Å². The van der Waals surface area contributed by atoms with E-state index in [4.69, 9.17) is 0 Å². The normalized spacial score (nSPS) is 14.6. The largest absolute Gasteiger partial charge is 0.341 e. The quantitative estimate of drug-likeness (QED) is 0.821. The Balaban J connectivity index is 1.71. The number of sulfonamides is 1. The number of carbonyl (C=O) groups is 2. The van der Waals surface area contributed by atoms with Gasteiger partial charge in [0.2, 0.25) is 10.0 Å². The van der Waals surface area contributed by atoms with Crippen molar-refractivity contribution in [3.8, 4) is 11.3 Å². The zero-order valence-corrected chi connectivity index (χ0v) is 14.7. The Morgan fingerprint density at radius 1 is 1.15 bits per heavy atom. The minimum Gasteiger partial charge on any atom is -0.332 e. The van der Waals surface area contributed by atoms with Crippen molar-refractivity contribution >= 4 is 22.1 Å². The third-order valence-electron chi connectivity index (χ3n) is 3.75. The van der Waals surface area contributed by atoms with Crippen molar-refractivity contribution in [1.29, 1.82) is 0 Å². The molecule has 136 valence electrons. The zero-order valence-electron chi connectivity index (χ0n) is 13.9. The van der Waals surface area contributed by atoms with E-state index < -0.39 is 22.1 Å². The lowest BCUT2D eigenvalue weighted by molar-refractivity contribution is 0.193. The lowest BCUT2D eigenvalue weighted by Crippen LogP contribution is -2.43. The van der Waals surface area contributed by atoms with Gasteiger partial charge in [0.15, 0.2) is 0 Å². The monoisotopic (exact) mass is 376 g/mol. The highest BCUT2D eigenvalue weighted by Gasteiger charge is 2.38. The van der Waals surface area contributed by atoms with Crippen molar-refractivity contribution in [2.75, 3.05) is 19.3 Å². The molecule has 0 spiro atoms. The molecule has 0 bridgehead atoms. The third kappa shape index (κ3) is 3.61. The maximum absolute atomic E-state index is 12.3. The van der Waals surface area contributed by atoms with Crippen molar-refractivity contribution in [3.63, 3.8) is 0 Å². The lowest BCUT2D eigenvalue weighted by atomic mass is 10.1. The summed E-state index contributed by atoms with van der Waals surface area (Å²) in [5.74, 6) is 0. The van der Waals surface area contributed by atoms with Crippen LogP contribution in [0.25, 0.3) is 11.3 Å². The zero-order chi connectivity index (χ0) is 18.7. The molecule has 0 aromatic carbocycles. The lowest BCUT2D eigenvalue weighted by Gasteiger charge is -2.16. The molecule has 3 rings (SSSR count). The van der Waals surface area contributed by atoms with Crippen LogP contribution in [0.1, 0.15) is 5.69 Å². The molecule has 3 heterocycles. The van der Waals surface area contributed by atoms with E-state index >= 15 is 0 Å². The first kappa shape index (κ1) is 17.7. The van der Waals surface area contributed by atoms with Crippen LogP contribution in [0.3, 0.4) is 0 Å². The molecule has 0 aliphatic carbocycles. The summed E-state index contributed by atoms with van der Waals surface area (Å²) >= 11 is 0. The molecule has 1 N–H and O–H groups in total. The smallest absolute Gasteiger partial charge is 0.332 e. The highest BCUT2D eigenvalue weighted by atomic mass is 32.2. The number of carbonyl (C=O) groups excluding carboxylic acids is 2. The van der Waals surface area contributed by atoms with Crippen LogP contribution in [-0.4, -0.2) is 64.0 Å². The summed E-state index contributed by atoms with van der Waals surface area (Å²) in [5.41, 5.74) is 1.89. The van der Waals surface area contributed by atoms with Gasteiger partial charge in [-0.25, -0.2) is 27.2 Å². The molecule has 2 aromatic rings. The number of imide groups is 1. The topological polar surface area (TPSA) is 125 Å². The van der Waals surface area contributed by atoms with Crippen molar-refractivity contribution in [3.05, 3.63) is 42.6 Å². The molecule has 1 saturated heterocycles. The number of urea groups is 2. The van der Waals surface area contributed by atoms with Crippen LogP contribution in [0.5, 0.6) is 0 Å². The predicted molar refractivity (Wildman–Crippen MR) is 91.2 cm³/mol. The first-order chi connectivity index (χ1) is 12.4. The molecule has 1 aliphatic heterocycles. The number of nitrogens with one attached hydrogen (secondary N) is 1. The minimum absolute atomic E-state index is 0.00455. The second kappa shape index (κ2) is 7.04. The number of hydrogen-bond donors (Lipinski definition) is 1. The second-order valence-electron chi connectivity index (χ2n) is 5.52. The summed E-state index contributed by atoms with van der Waals surface area (Å²) < 4.78 is 23.7. The molecule has 26 heavy (non-hydrogen) atoms. The molecular weight excluding hydrogens is 360 g/mol. The highest BCUT2D eigenvalue weighted by Crippen LogP contribution is 2.18. The standard InChI is InChI=1S/C15H16N6O4S/c1-26(24,25)21-9-8-20(15(21)23)14(22)19-10-12-13(18-7-6-17-12)11-2-4-16-5-3-11/h2-7H,8-10H2,1H3,(H,19,22).